The van der Waals surface area contributed by atoms with Gasteiger partial charge >= 0.3 is 0 Å². The molecule has 96 valence electrons. The normalized spacial score (nSPS) is 11.1. The van der Waals surface area contributed by atoms with Crippen LogP contribution in [-0.2, 0) is 6.42 Å². The zero-order valence-corrected chi connectivity index (χ0v) is 11.4. The standard InChI is InChI=1S/C15H14ClN3/c1-2-6-14-18-12-8-5-10-17-15(12)19(14)13-9-4-3-7-11(13)16/h3-5,7-10H,2,6H2,1H3. The van der Waals surface area contributed by atoms with Gasteiger partial charge in [-0.3, -0.25) is 4.57 Å². The number of aromatic nitrogens is 3. The van der Waals surface area contributed by atoms with Crippen molar-refractivity contribution in [2.75, 3.05) is 0 Å². The molecule has 0 saturated carbocycles. The largest absolute Gasteiger partial charge is 0.279 e. The molecule has 0 bridgehead atoms. The number of fused-ring (bicyclic) bond motifs is 1. The first-order chi connectivity index (χ1) is 9.31. The zero-order chi connectivity index (χ0) is 13.2. The van der Waals surface area contributed by atoms with E-state index in [9.17, 15) is 0 Å². The smallest absolute Gasteiger partial charge is 0.164 e. The predicted octanol–water partition coefficient (Wildman–Crippen LogP) is 4.03. The second-order valence-corrected chi connectivity index (χ2v) is 4.82. The van der Waals surface area contributed by atoms with Crippen LogP contribution >= 0.6 is 11.6 Å². The lowest BCUT2D eigenvalue weighted by Crippen LogP contribution is -2.02. The molecule has 0 N–H and O–H groups in total. The Balaban J connectivity index is 2.31. The van der Waals surface area contributed by atoms with Crippen LogP contribution in [0.1, 0.15) is 19.2 Å². The number of benzene rings is 1. The van der Waals surface area contributed by atoms with Crippen LogP contribution in [0.2, 0.25) is 5.02 Å². The molecule has 0 spiro atoms. The lowest BCUT2D eigenvalue weighted by Gasteiger charge is -2.09. The van der Waals surface area contributed by atoms with Crippen molar-refractivity contribution in [3.05, 3.63) is 53.4 Å². The maximum atomic E-state index is 6.31. The molecule has 4 heteroatoms. The minimum absolute atomic E-state index is 0.713. The molecule has 19 heavy (non-hydrogen) atoms. The van der Waals surface area contributed by atoms with Gasteiger partial charge in [0, 0.05) is 12.6 Å². The Kier molecular flexibility index (Phi) is 3.22. The summed E-state index contributed by atoms with van der Waals surface area (Å²) >= 11 is 6.31. The highest BCUT2D eigenvalue weighted by molar-refractivity contribution is 6.32. The summed E-state index contributed by atoms with van der Waals surface area (Å²) in [7, 11) is 0. The van der Waals surface area contributed by atoms with Gasteiger partial charge in [-0.2, -0.15) is 0 Å². The van der Waals surface area contributed by atoms with Crippen LogP contribution in [0.5, 0.6) is 0 Å². The van der Waals surface area contributed by atoms with E-state index in [1.54, 1.807) is 6.20 Å². The SMILES string of the molecule is CCCc1nc2cccnc2n1-c1ccccc1Cl. The van der Waals surface area contributed by atoms with Crippen LogP contribution in [0.25, 0.3) is 16.9 Å². The lowest BCUT2D eigenvalue weighted by molar-refractivity contribution is 0.815. The minimum Gasteiger partial charge on any atom is -0.279 e. The number of rotatable bonds is 3. The molecule has 3 aromatic rings. The zero-order valence-electron chi connectivity index (χ0n) is 10.7. The van der Waals surface area contributed by atoms with Gasteiger partial charge in [0.2, 0.25) is 0 Å². The molecule has 0 fully saturated rings. The third-order valence-electron chi connectivity index (χ3n) is 3.05. The van der Waals surface area contributed by atoms with Crippen LogP contribution in [0.4, 0.5) is 0 Å². The number of imidazole rings is 1. The van der Waals surface area contributed by atoms with Crippen molar-refractivity contribution in [2.24, 2.45) is 0 Å². The fraction of sp³-hybridized carbons (Fsp3) is 0.200. The van der Waals surface area contributed by atoms with E-state index in [2.05, 4.69) is 21.5 Å². The molecule has 0 radical (unpaired) electrons. The Morgan fingerprint density at radius 2 is 2.00 bits per heavy atom. The minimum atomic E-state index is 0.713. The third kappa shape index (κ3) is 2.10. The molecule has 0 unspecified atom stereocenters. The van der Waals surface area contributed by atoms with Crippen molar-refractivity contribution in [3.8, 4) is 5.69 Å². The highest BCUT2D eigenvalue weighted by Gasteiger charge is 2.14. The number of aryl methyl sites for hydroxylation is 1. The number of pyridine rings is 1. The average Bonchev–Trinajstić information content (AvgIpc) is 2.78. The summed E-state index contributed by atoms with van der Waals surface area (Å²) in [6.45, 7) is 2.14. The van der Waals surface area contributed by atoms with E-state index in [-0.39, 0.29) is 0 Å². The molecular weight excluding hydrogens is 258 g/mol. The molecule has 0 amide bonds. The van der Waals surface area contributed by atoms with Crippen molar-refractivity contribution in [1.29, 1.82) is 0 Å². The second kappa shape index (κ2) is 5.02. The first-order valence-electron chi connectivity index (χ1n) is 6.38. The molecular formula is C15H14ClN3. The summed E-state index contributed by atoms with van der Waals surface area (Å²) in [5.74, 6) is 1.00. The third-order valence-corrected chi connectivity index (χ3v) is 3.37. The van der Waals surface area contributed by atoms with Gasteiger partial charge in [-0.05, 0) is 30.7 Å². The molecule has 0 saturated heterocycles. The van der Waals surface area contributed by atoms with E-state index in [4.69, 9.17) is 11.6 Å². The van der Waals surface area contributed by atoms with Crippen molar-refractivity contribution >= 4 is 22.8 Å². The maximum absolute atomic E-state index is 6.31. The lowest BCUT2D eigenvalue weighted by atomic mass is 10.3. The predicted molar refractivity (Wildman–Crippen MR) is 77.9 cm³/mol. The van der Waals surface area contributed by atoms with E-state index in [1.165, 1.54) is 0 Å². The number of halogens is 1. The first-order valence-corrected chi connectivity index (χ1v) is 6.76. The van der Waals surface area contributed by atoms with Gasteiger partial charge in [0.1, 0.15) is 11.3 Å². The first kappa shape index (κ1) is 12.2. The number of hydrogen-bond acceptors (Lipinski definition) is 2. The molecule has 0 atom stereocenters. The van der Waals surface area contributed by atoms with E-state index >= 15 is 0 Å². The average molecular weight is 272 g/mol. The summed E-state index contributed by atoms with van der Waals surface area (Å²) in [5, 5.41) is 0.713. The summed E-state index contributed by atoms with van der Waals surface area (Å²) in [4.78, 5) is 9.11. The fourth-order valence-corrected chi connectivity index (χ4v) is 2.46. The molecule has 0 aliphatic rings. The van der Waals surface area contributed by atoms with E-state index in [0.29, 0.717) is 5.02 Å². The molecule has 3 rings (SSSR count). The van der Waals surface area contributed by atoms with E-state index < -0.39 is 0 Å². The second-order valence-electron chi connectivity index (χ2n) is 4.41. The Labute approximate surface area is 116 Å². The number of para-hydroxylation sites is 1. The van der Waals surface area contributed by atoms with Crippen LogP contribution in [-0.4, -0.2) is 14.5 Å². The van der Waals surface area contributed by atoms with Gasteiger partial charge < -0.3 is 0 Å². The summed E-state index contributed by atoms with van der Waals surface area (Å²) in [6, 6.07) is 11.7. The molecule has 2 aromatic heterocycles. The van der Waals surface area contributed by atoms with Gasteiger partial charge in [-0.15, -0.1) is 0 Å². The molecule has 3 nitrogen and oxygen atoms in total. The number of nitrogens with zero attached hydrogens (tertiary/aromatic N) is 3. The Bertz CT molecular complexity index is 718. The van der Waals surface area contributed by atoms with Crippen LogP contribution in [0.15, 0.2) is 42.6 Å². The van der Waals surface area contributed by atoms with Crippen molar-refractivity contribution < 1.29 is 0 Å². The molecule has 1 aromatic carbocycles. The van der Waals surface area contributed by atoms with Crippen molar-refractivity contribution in [1.82, 2.24) is 14.5 Å². The van der Waals surface area contributed by atoms with Gasteiger partial charge in [0.05, 0.1) is 10.7 Å². The summed E-state index contributed by atoms with van der Waals surface area (Å²) in [6.07, 6.45) is 3.72. The van der Waals surface area contributed by atoms with E-state index in [0.717, 1.165) is 35.5 Å². The van der Waals surface area contributed by atoms with Crippen molar-refractivity contribution in [2.45, 2.75) is 19.8 Å². The maximum Gasteiger partial charge on any atom is 0.164 e. The van der Waals surface area contributed by atoms with Gasteiger partial charge in [-0.25, -0.2) is 9.97 Å². The summed E-state index contributed by atoms with van der Waals surface area (Å²) < 4.78 is 2.06. The Morgan fingerprint density at radius 1 is 1.16 bits per heavy atom. The monoisotopic (exact) mass is 271 g/mol. The van der Waals surface area contributed by atoms with Gasteiger partial charge in [0.25, 0.3) is 0 Å². The van der Waals surface area contributed by atoms with Crippen molar-refractivity contribution in [3.63, 3.8) is 0 Å². The quantitative estimate of drug-likeness (QED) is 0.720. The Hall–Kier alpha value is -1.87. The highest BCUT2D eigenvalue weighted by Crippen LogP contribution is 2.26. The molecule has 2 heterocycles. The fourth-order valence-electron chi connectivity index (χ4n) is 2.24. The van der Waals surface area contributed by atoms with E-state index in [1.807, 2.05) is 36.4 Å². The summed E-state index contributed by atoms with van der Waals surface area (Å²) in [5.41, 5.74) is 2.71. The van der Waals surface area contributed by atoms with Crippen LogP contribution < -0.4 is 0 Å². The molecule has 0 aliphatic heterocycles. The molecule has 0 aliphatic carbocycles. The Morgan fingerprint density at radius 3 is 2.79 bits per heavy atom. The van der Waals surface area contributed by atoms with Gasteiger partial charge in [0.15, 0.2) is 5.65 Å². The van der Waals surface area contributed by atoms with Gasteiger partial charge in [-0.1, -0.05) is 30.7 Å². The highest BCUT2D eigenvalue weighted by atomic mass is 35.5. The van der Waals surface area contributed by atoms with Crippen LogP contribution in [0.3, 0.4) is 0 Å². The van der Waals surface area contributed by atoms with Crippen LogP contribution in [0, 0.1) is 0 Å². The number of hydrogen-bond donors (Lipinski definition) is 0. The topological polar surface area (TPSA) is 30.7 Å².